The molecular formula is C23H28ClN3O3. The van der Waals surface area contributed by atoms with Gasteiger partial charge in [0.05, 0.1) is 22.9 Å². The Labute approximate surface area is 182 Å². The molecule has 7 heteroatoms. The first-order valence-electron chi connectivity index (χ1n) is 10.4. The Morgan fingerprint density at radius 2 is 1.83 bits per heavy atom. The zero-order valence-electron chi connectivity index (χ0n) is 17.4. The van der Waals surface area contributed by atoms with Gasteiger partial charge in [0.1, 0.15) is 5.75 Å². The Morgan fingerprint density at radius 1 is 1.13 bits per heavy atom. The maximum Gasteiger partial charge on any atom is 0.263 e. The fourth-order valence-corrected chi connectivity index (χ4v) is 3.64. The van der Waals surface area contributed by atoms with E-state index in [9.17, 15) is 9.59 Å². The van der Waals surface area contributed by atoms with Gasteiger partial charge in [0.25, 0.3) is 5.91 Å². The van der Waals surface area contributed by atoms with Crippen LogP contribution in [0.4, 0.5) is 11.4 Å². The number of carbonyl (C=O) groups is 2. The van der Waals surface area contributed by atoms with Gasteiger partial charge >= 0.3 is 0 Å². The van der Waals surface area contributed by atoms with Crippen molar-refractivity contribution in [3.8, 4) is 5.75 Å². The molecule has 1 unspecified atom stereocenters. The highest BCUT2D eigenvalue weighted by Crippen LogP contribution is 2.33. The quantitative estimate of drug-likeness (QED) is 0.658. The summed E-state index contributed by atoms with van der Waals surface area (Å²) in [5.41, 5.74) is 1.48. The van der Waals surface area contributed by atoms with Gasteiger partial charge in [-0.15, -0.1) is 0 Å². The third kappa shape index (κ3) is 5.45. The lowest BCUT2D eigenvalue weighted by Crippen LogP contribution is -2.51. The van der Waals surface area contributed by atoms with Gasteiger partial charge in [-0.05, 0) is 37.1 Å². The molecule has 0 spiro atoms. The van der Waals surface area contributed by atoms with E-state index >= 15 is 0 Å². The smallest absolute Gasteiger partial charge is 0.263 e. The minimum atomic E-state index is -0.618. The van der Waals surface area contributed by atoms with E-state index in [2.05, 4.69) is 24.5 Å². The Hall–Kier alpha value is -2.73. The molecular weight excluding hydrogens is 402 g/mol. The molecule has 1 atom stereocenters. The maximum atomic E-state index is 12.7. The summed E-state index contributed by atoms with van der Waals surface area (Å²) in [5.74, 6) is 0.397. The first kappa shape index (κ1) is 22.0. The first-order valence-corrected chi connectivity index (χ1v) is 10.7. The Bertz CT molecular complexity index is 886. The summed E-state index contributed by atoms with van der Waals surface area (Å²) in [6.45, 7) is 4.96. The molecule has 0 aromatic heterocycles. The van der Waals surface area contributed by atoms with Gasteiger partial charge in [0.15, 0.2) is 6.10 Å². The van der Waals surface area contributed by atoms with Crippen molar-refractivity contribution in [2.24, 2.45) is 0 Å². The van der Waals surface area contributed by atoms with Crippen molar-refractivity contribution in [2.45, 2.75) is 45.3 Å². The van der Waals surface area contributed by atoms with Gasteiger partial charge < -0.3 is 20.3 Å². The number of anilines is 2. The van der Waals surface area contributed by atoms with Crippen LogP contribution in [0.1, 0.15) is 33.1 Å². The van der Waals surface area contributed by atoms with E-state index in [0.717, 1.165) is 18.5 Å². The number of carbonyl (C=O) groups excluding carboxylic acids is 2. The fourth-order valence-electron chi connectivity index (χ4n) is 3.45. The molecule has 1 heterocycles. The number of benzene rings is 2. The SMILES string of the molecule is CCC(CC)NC(=O)C1CN(CCC(=O)Nc2ccccc2Cl)c2ccccc2O1. The lowest BCUT2D eigenvalue weighted by molar-refractivity contribution is -0.128. The lowest BCUT2D eigenvalue weighted by Gasteiger charge is -2.36. The number of rotatable bonds is 8. The molecule has 2 N–H and O–H groups in total. The minimum Gasteiger partial charge on any atom is -0.477 e. The average Bonchev–Trinajstić information content (AvgIpc) is 2.77. The van der Waals surface area contributed by atoms with Crippen LogP contribution in [0.15, 0.2) is 48.5 Å². The van der Waals surface area contributed by atoms with Crippen molar-refractivity contribution in [3.63, 3.8) is 0 Å². The van der Waals surface area contributed by atoms with Gasteiger partial charge in [-0.2, -0.15) is 0 Å². The number of hydrogen-bond acceptors (Lipinski definition) is 4. The van der Waals surface area contributed by atoms with Gasteiger partial charge in [-0.1, -0.05) is 49.7 Å². The van der Waals surface area contributed by atoms with Crippen LogP contribution in [0, 0.1) is 0 Å². The Morgan fingerprint density at radius 3 is 2.57 bits per heavy atom. The van der Waals surface area contributed by atoms with Crippen LogP contribution in [0.5, 0.6) is 5.75 Å². The van der Waals surface area contributed by atoms with Gasteiger partial charge in [-0.25, -0.2) is 0 Å². The maximum absolute atomic E-state index is 12.7. The van der Waals surface area contributed by atoms with Crippen LogP contribution >= 0.6 is 11.6 Å². The minimum absolute atomic E-state index is 0.122. The standard InChI is InChI=1S/C23H28ClN3O3/c1-3-16(4-2)25-23(29)21-15-27(19-11-7-8-12-20(19)30-21)14-13-22(28)26-18-10-6-5-9-17(18)24/h5-12,16,21H,3-4,13-15H2,1-2H3,(H,25,29)(H,26,28). The van der Waals surface area contributed by atoms with Gasteiger partial charge in [0, 0.05) is 19.0 Å². The van der Waals surface area contributed by atoms with Crippen molar-refractivity contribution in [2.75, 3.05) is 23.3 Å². The van der Waals surface area contributed by atoms with E-state index in [1.807, 2.05) is 41.3 Å². The topological polar surface area (TPSA) is 70.7 Å². The highest BCUT2D eigenvalue weighted by atomic mass is 35.5. The lowest BCUT2D eigenvalue weighted by atomic mass is 10.1. The molecule has 0 saturated carbocycles. The molecule has 1 aliphatic rings. The Kier molecular flexibility index (Phi) is 7.57. The van der Waals surface area contributed by atoms with E-state index in [1.54, 1.807) is 12.1 Å². The molecule has 0 aliphatic carbocycles. The summed E-state index contributed by atoms with van der Waals surface area (Å²) in [7, 11) is 0. The normalized spacial score (nSPS) is 15.3. The third-order valence-electron chi connectivity index (χ3n) is 5.24. The number of nitrogens with one attached hydrogen (secondary N) is 2. The molecule has 0 bridgehead atoms. The van der Waals surface area contributed by atoms with Crippen LogP contribution in [-0.4, -0.2) is 37.0 Å². The largest absolute Gasteiger partial charge is 0.477 e. The first-order chi connectivity index (χ1) is 14.5. The zero-order chi connectivity index (χ0) is 21.5. The van der Waals surface area contributed by atoms with Crippen LogP contribution in [0.3, 0.4) is 0 Å². The van der Waals surface area contributed by atoms with E-state index in [4.69, 9.17) is 16.3 Å². The zero-order valence-corrected chi connectivity index (χ0v) is 18.1. The van der Waals surface area contributed by atoms with E-state index in [1.165, 1.54) is 0 Å². The molecule has 6 nitrogen and oxygen atoms in total. The monoisotopic (exact) mass is 429 g/mol. The molecule has 0 saturated heterocycles. The number of fused-ring (bicyclic) bond motifs is 1. The van der Waals surface area contributed by atoms with Crippen molar-refractivity contribution < 1.29 is 14.3 Å². The molecule has 0 radical (unpaired) electrons. The fraction of sp³-hybridized carbons (Fsp3) is 0.391. The third-order valence-corrected chi connectivity index (χ3v) is 5.57. The molecule has 160 valence electrons. The molecule has 0 fully saturated rings. The highest BCUT2D eigenvalue weighted by molar-refractivity contribution is 6.33. The number of hydrogen-bond donors (Lipinski definition) is 2. The van der Waals surface area contributed by atoms with Crippen LogP contribution in [-0.2, 0) is 9.59 Å². The number of halogens is 1. The molecule has 3 rings (SSSR count). The molecule has 2 aromatic rings. The van der Waals surface area contributed by atoms with Crippen molar-refractivity contribution in [1.82, 2.24) is 5.32 Å². The number of amides is 2. The number of nitrogens with zero attached hydrogens (tertiary/aromatic N) is 1. The molecule has 2 amide bonds. The van der Waals surface area contributed by atoms with Crippen molar-refractivity contribution >= 4 is 34.8 Å². The second kappa shape index (κ2) is 10.3. The summed E-state index contributed by atoms with van der Waals surface area (Å²) < 4.78 is 5.96. The summed E-state index contributed by atoms with van der Waals surface area (Å²) in [6.07, 6.45) is 1.39. The Balaban J connectivity index is 1.66. The number of ether oxygens (including phenoxy) is 1. The highest BCUT2D eigenvalue weighted by Gasteiger charge is 2.31. The van der Waals surface area contributed by atoms with Crippen molar-refractivity contribution in [1.29, 1.82) is 0 Å². The molecule has 30 heavy (non-hydrogen) atoms. The van der Waals surface area contributed by atoms with Crippen LogP contribution in [0.25, 0.3) is 0 Å². The van der Waals surface area contributed by atoms with Gasteiger partial charge in [0.2, 0.25) is 5.91 Å². The van der Waals surface area contributed by atoms with E-state index < -0.39 is 6.10 Å². The van der Waals surface area contributed by atoms with Crippen LogP contribution in [0.2, 0.25) is 5.02 Å². The average molecular weight is 430 g/mol. The second-order valence-electron chi connectivity index (χ2n) is 7.32. The van der Waals surface area contributed by atoms with E-state index in [0.29, 0.717) is 29.5 Å². The second-order valence-corrected chi connectivity index (χ2v) is 7.73. The van der Waals surface area contributed by atoms with Crippen LogP contribution < -0.4 is 20.3 Å². The molecule has 2 aromatic carbocycles. The summed E-state index contributed by atoms with van der Waals surface area (Å²) >= 11 is 6.12. The number of para-hydroxylation sites is 3. The van der Waals surface area contributed by atoms with E-state index in [-0.39, 0.29) is 24.3 Å². The predicted octanol–water partition coefficient (Wildman–Crippen LogP) is 4.24. The summed E-state index contributed by atoms with van der Waals surface area (Å²) in [6, 6.07) is 14.9. The predicted molar refractivity (Wildman–Crippen MR) is 120 cm³/mol. The van der Waals surface area contributed by atoms with Crippen molar-refractivity contribution in [3.05, 3.63) is 53.6 Å². The summed E-state index contributed by atoms with van der Waals surface area (Å²) in [5, 5.41) is 6.40. The summed E-state index contributed by atoms with van der Waals surface area (Å²) in [4.78, 5) is 27.2. The molecule has 1 aliphatic heterocycles. The van der Waals surface area contributed by atoms with Gasteiger partial charge in [-0.3, -0.25) is 9.59 Å².